The predicted octanol–water partition coefficient (Wildman–Crippen LogP) is 1.97. The summed E-state index contributed by atoms with van der Waals surface area (Å²) >= 11 is 5.87. The molecule has 0 aromatic carbocycles. The van der Waals surface area contributed by atoms with Crippen molar-refractivity contribution in [1.82, 2.24) is 19.5 Å². The smallest absolute Gasteiger partial charge is 0.308 e. The molecule has 1 fully saturated rings. The van der Waals surface area contributed by atoms with Gasteiger partial charge in [0.05, 0.1) is 19.4 Å². The average Bonchev–Trinajstić information content (AvgIpc) is 2.90. The maximum Gasteiger partial charge on any atom is 0.308 e. The topological polar surface area (TPSA) is 95.9 Å². The highest BCUT2D eigenvalue weighted by Crippen LogP contribution is 2.34. The van der Waals surface area contributed by atoms with Crippen LogP contribution in [0.5, 0.6) is 0 Å². The molecule has 1 aliphatic carbocycles. The molecule has 2 N–H and O–H groups in total. The first kappa shape index (κ1) is 14.1. The molecule has 1 saturated carbocycles. The van der Waals surface area contributed by atoms with Gasteiger partial charge in [0.15, 0.2) is 11.5 Å². The molecule has 0 aliphatic heterocycles. The normalized spacial score (nSPS) is 22.4. The third kappa shape index (κ3) is 2.53. The van der Waals surface area contributed by atoms with E-state index in [1.165, 1.54) is 7.11 Å². The van der Waals surface area contributed by atoms with Crippen LogP contribution in [0.1, 0.15) is 31.7 Å². The van der Waals surface area contributed by atoms with Gasteiger partial charge in [0.1, 0.15) is 5.52 Å². The standard InChI is InChI=1S/C13H16ClN5O2/c1-21-12(20)7-2-4-8(5-3-7)19-6-16-9-10(15)17-13(14)18-11(9)19/h6-8H,2-5H2,1H3,(H2,15,17,18)/t7-,8+. The summed E-state index contributed by atoms with van der Waals surface area (Å²) in [5.41, 5.74) is 7.02. The number of methoxy groups -OCH3 is 1. The molecule has 0 unspecified atom stereocenters. The summed E-state index contributed by atoms with van der Waals surface area (Å²) in [6.07, 6.45) is 5.05. The van der Waals surface area contributed by atoms with E-state index in [4.69, 9.17) is 22.1 Å². The van der Waals surface area contributed by atoms with E-state index in [2.05, 4.69) is 15.0 Å². The minimum absolute atomic E-state index is 0.00989. The van der Waals surface area contributed by atoms with Gasteiger partial charge in [0.2, 0.25) is 5.28 Å². The largest absolute Gasteiger partial charge is 0.469 e. The highest BCUT2D eigenvalue weighted by molar-refractivity contribution is 6.28. The van der Waals surface area contributed by atoms with Crippen molar-refractivity contribution in [3.05, 3.63) is 11.6 Å². The van der Waals surface area contributed by atoms with Crippen molar-refractivity contribution in [2.75, 3.05) is 12.8 Å². The number of ether oxygens (including phenoxy) is 1. The van der Waals surface area contributed by atoms with Crippen LogP contribution in [0, 0.1) is 5.92 Å². The zero-order valence-electron chi connectivity index (χ0n) is 11.6. The zero-order valence-corrected chi connectivity index (χ0v) is 12.4. The summed E-state index contributed by atoms with van der Waals surface area (Å²) in [7, 11) is 1.43. The Bertz CT molecular complexity index is 678. The third-order valence-electron chi connectivity index (χ3n) is 4.05. The lowest BCUT2D eigenvalue weighted by Gasteiger charge is -2.27. The lowest BCUT2D eigenvalue weighted by Crippen LogP contribution is -2.24. The van der Waals surface area contributed by atoms with E-state index < -0.39 is 0 Å². The molecule has 1 aliphatic rings. The summed E-state index contributed by atoms with van der Waals surface area (Å²) in [6.45, 7) is 0. The zero-order chi connectivity index (χ0) is 15.0. The van der Waals surface area contributed by atoms with Gasteiger partial charge < -0.3 is 15.0 Å². The number of imidazole rings is 1. The molecule has 0 saturated heterocycles. The van der Waals surface area contributed by atoms with Crippen LogP contribution in [0.15, 0.2) is 6.33 Å². The molecule has 0 spiro atoms. The van der Waals surface area contributed by atoms with Crippen molar-refractivity contribution in [2.45, 2.75) is 31.7 Å². The fourth-order valence-electron chi connectivity index (χ4n) is 2.93. The van der Waals surface area contributed by atoms with E-state index in [1.807, 2.05) is 4.57 Å². The van der Waals surface area contributed by atoms with Gasteiger partial charge in [-0.15, -0.1) is 0 Å². The first-order valence-corrected chi connectivity index (χ1v) is 7.21. The van der Waals surface area contributed by atoms with Crippen molar-refractivity contribution in [3.8, 4) is 0 Å². The lowest BCUT2D eigenvalue weighted by atomic mass is 9.86. The van der Waals surface area contributed by atoms with Gasteiger partial charge in [0, 0.05) is 6.04 Å². The minimum atomic E-state index is -0.126. The molecule has 21 heavy (non-hydrogen) atoms. The number of anilines is 1. The van der Waals surface area contributed by atoms with Crippen LogP contribution in [-0.4, -0.2) is 32.6 Å². The molecule has 3 rings (SSSR count). The fraction of sp³-hybridized carbons (Fsp3) is 0.538. The minimum Gasteiger partial charge on any atom is -0.469 e. The van der Waals surface area contributed by atoms with Gasteiger partial charge >= 0.3 is 5.97 Å². The van der Waals surface area contributed by atoms with E-state index >= 15 is 0 Å². The molecule has 2 aromatic heterocycles. The molecule has 7 nitrogen and oxygen atoms in total. The van der Waals surface area contributed by atoms with Crippen molar-refractivity contribution in [3.63, 3.8) is 0 Å². The Morgan fingerprint density at radius 1 is 1.38 bits per heavy atom. The first-order chi connectivity index (χ1) is 10.1. The summed E-state index contributed by atoms with van der Waals surface area (Å²) in [5.74, 6) is 0.148. The molecule has 0 radical (unpaired) electrons. The highest BCUT2D eigenvalue weighted by Gasteiger charge is 2.28. The monoisotopic (exact) mass is 309 g/mol. The van der Waals surface area contributed by atoms with Crippen molar-refractivity contribution in [2.24, 2.45) is 5.92 Å². The maximum absolute atomic E-state index is 11.6. The molecule has 0 bridgehead atoms. The van der Waals surface area contributed by atoms with Gasteiger partial charge in [-0.1, -0.05) is 0 Å². The van der Waals surface area contributed by atoms with Crippen molar-refractivity contribution in [1.29, 1.82) is 0 Å². The molecular weight excluding hydrogens is 294 g/mol. The van der Waals surface area contributed by atoms with Gasteiger partial charge in [-0.2, -0.15) is 9.97 Å². The molecule has 112 valence electrons. The average molecular weight is 310 g/mol. The summed E-state index contributed by atoms with van der Waals surface area (Å²) in [6, 6.07) is 0.237. The third-order valence-corrected chi connectivity index (χ3v) is 4.21. The number of carbonyl (C=O) groups excluding carboxylic acids is 1. The summed E-state index contributed by atoms with van der Waals surface area (Å²) < 4.78 is 6.78. The van der Waals surface area contributed by atoms with Gasteiger partial charge in [0.25, 0.3) is 0 Å². The van der Waals surface area contributed by atoms with E-state index in [0.29, 0.717) is 11.2 Å². The van der Waals surface area contributed by atoms with Crippen molar-refractivity contribution < 1.29 is 9.53 Å². The Balaban J connectivity index is 1.84. The number of nitrogens with zero attached hydrogens (tertiary/aromatic N) is 4. The number of fused-ring (bicyclic) bond motifs is 1. The van der Waals surface area contributed by atoms with Gasteiger partial charge in [-0.25, -0.2) is 4.98 Å². The van der Waals surface area contributed by atoms with Crippen LogP contribution in [-0.2, 0) is 9.53 Å². The van der Waals surface area contributed by atoms with Crippen LogP contribution >= 0.6 is 11.6 Å². The number of nitrogens with two attached hydrogens (primary N) is 1. The molecule has 2 aromatic rings. The quantitative estimate of drug-likeness (QED) is 0.673. The Morgan fingerprint density at radius 3 is 2.76 bits per heavy atom. The van der Waals surface area contributed by atoms with E-state index in [-0.39, 0.29) is 29.0 Å². The van der Waals surface area contributed by atoms with Crippen molar-refractivity contribution >= 4 is 34.6 Å². The molecular formula is C13H16ClN5O2. The number of carbonyl (C=O) groups is 1. The van der Waals surface area contributed by atoms with Crippen LogP contribution < -0.4 is 5.73 Å². The van der Waals surface area contributed by atoms with E-state index in [1.54, 1.807) is 6.33 Å². The maximum atomic E-state index is 11.6. The second kappa shape index (κ2) is 5.48. The van der Waals surface area contributed by atoms with Crippen LogP contribution in [0.3, 0.4) is 0 Å². The molecule has 0 amide bonds. The fourth-order valence-corrected chi connectivity index (χ4v) is 3.11. The Labute approximate surface area is 126 Å². The highest BCUT2D eigenvalue weighted by atomic mass is 35.5. The first-order valence-electron chi connectivity index (χ1n) is 6.83. The number of nitrogen functional groups attached to an aromatic ring is 1. The number of rotatable bonds is 2. The number of aromatic nitrogens is 4. The summed E-state index contributed by atoms with van der Waals surface area (Å²) in [5, 5.41) is 0.116. The molecule has 2 heterocycles. The van der Waals surface area contributed by atoms with E-state index in [9.17, 15) is 4.79 Å². The van der Waals surface area contributed by atoms with Crippen LogP contribution in [0.25, 0.3) is 11.2 Å². The Morgan fingerprint density at radius 2 is 2.10 bits per heavy atom. The molecule has 0 atom stereocenters. The molecule has 8 heteroatoms. The van der Waals surface area contributed by atoms with Crippen LogP contribution in [0.2, 0.25) is 5.28 Å². The summed E-state index contributed by atoms with van der Waals surface area (Å²) in [4.78, 5) is 24.0. The second-order valence-corrected chi connectivity index (χ2v) is 5.57. The van der Waals surface area contributed by atoms with E-state index in [0.717, 1.165) is 25.7 Å². The number of halogens is 1. The lowest BCUT2D eigenvalue weighted by molar-refractivity contribution is -0.146. The predicted molar refractivity (Wildman–Crippen MR) is 77.8 cm³/mol. The van der Waals surface area contributed by atoms with Gasteiger partial charge in [-0.3, -0.25) is 4.79 Å². The second-order valence-electron chi connectivity index (χ2n) is 5.23. The Kier molecular flexibility index (Phi) is 3.67. The number of hydrogen-bond donors (Lipinski definition) is 1. The Hall–Kier alpha value is -1.89. The number of esters is 1. The van der Waals surface area contributed by atoms with Crippen LogP contribution in [0.4, 0.5) is 5.82 Å². The number of hydrogen-bond acceptors (Lipinski definition) is 6. The van der Waals surface area contributed by atoms with Gasteiger partial charge in [-0.05, 0) is 37.3 Å². The SMILES string of the molecule is COC(=O)[C@H]1CC[C@@H](n2cnc3c(N)nc(Cl)nc32)CC1.